The van der Waals surface area contributed by atoms with Gasteiger partial charge in [0.2, 0.25) is 0 Å². The van der Waals surface area contributed by atoms with Gasteiger partial charge in [-0.15, -0.1) is 0 Å². The molecule has 5 fully saturated rings. The number of hydrogen-bond donors (Lipinski definition) is 0. The second-order valence-electron chi connectivity index (χ2n) is 13.1. The van der Waals surface area contributed by atoms with E-state index < -0.39 is 0 Å². The summed E-state index contributed by atoms with van der Waals surface area (Å²) in [5.74, 6) is 0. The van der Waals surface area contributed by atoms with Gasteiger partial charge < -0.3 is 24.3 Å². The van der Waals surface area contributed by atoms with Gasteiger partial charge in [-0.3, -0.25) is 14.7 Å². The number of piperidine rings is 2. The minimum atomic E-state index is 0.542. The van der Waals surface area contributed by atoms with Gasteiger partial charge in [0.15, 0.2) is 0 Å². The maximum absolute atomic E-state index is 6.76. The first kappa shape index (κ1) is 28.2. The summed E-state index contributed by atoms with van der Waals surface area (Å²) >= 11 is 0. The van der Waals surface area contributed by atoms with Gasteiger partial charge in [-0.1, -0.05) is 6.92 Å². The van der Waals surface area contributed by atoms with Crippen molar-refractivity contribution in [1.29, 1.82) is 0 Å². The first-order chi connectivity index (χ1) is 18.0. The summed E-state index contributed by atoms with van der Waals surface area (Å²) in [6.45, 7) is 20.1. The molecule has 8 heteroatoms. The Morgan fingerprint density at radius 2 is 1.11 bits per heavy atom. The molecule has 0 saturated carbocycles. The topological polar surface area (TPSA) is 31.9 Å². The van der Waals surface area contributed by atoms with Crippen LogP contribution in [-0.2, 0) is 4.74 Å². The van der Waals surface area contributed by atoms with Crippen molar-refractivity contribution in [2.45, 2.75) is 69.2 Å². The van der Waals surface area contributed by atoms with Crippen molar-refractivity contribution in [3.63, 3.8) is 0 Å². The Morgan fingerprint density at radius 3 is 1.65 bits per heavy atom. The number of nitrogens with zero attached hydrogens (tertiary/aromatic N) is 7. The Kier molecular flexibility index (Phi) is 10.2. The van der Waals surface area contributed by atoms with E-state index in [4.69, 9.17) is 4.74 Å². The van der Waals surface area contributed by atoms with E-state index in [1.807, 2.05) is 0 Å². The van der Waals surface area contributed by atoms with Crippen molar-refractivity contribution in [2.24, 2.45) is 0 Å². The Morgan fingerprint density at radius 1 is 0.568 bits per heavy atom. The molecule has 5 aliphatic heterocycles. The lowest BCUT2D eigenvalue weighted by molar-refractivity contribution is -0.0706. The first-order valence-corrected chi connectivity index (χ1v) is 15.6. The van der Waals surface area contributed by atoms with Crippen LogP contribution in [0.4, 0.5) is 0 Å². The molecule has 0 radical (unpaired) electrons. The highest BCUT2D eigenvalue weighted by atomic mass is 16.5. The Balaban J connectivity index is 1.19. The minimum absolute atomic E-state index is 0.542. The molecule has 0 aromatic heterocycles. The molecule has 37 heavy (non-hydrogen) atoms. The van der Waals surface area contributed by atoms with E-state index in [0.29, 0.717) is 12.1 Å². The molecule has 5 rings (SSSR count). The molecule has 8 nitrogen and oxygen atoms in total. The van der Waals surface area contributed by atoms with Crippen molar-refractivity contribution in [3.05, 3.63) is 0 Å². The fourth-order valence-corrected chi connectivity index (χ4v) is 7.83. The molecule has 2 unspecified atom stereocenters. The molecule has 0 aliphatic carbocycles. The van der Waals surface area contributed by atoms with Gasteiger partial charge in [0.1, 0.15) is 0 Å². The second kappa shape index (κ2) is 13.4. The molecule has 0 bridgehead atoms. The van der Waals surface area contributed by atoms with Gasteiger partial charge in [0, 0.05) is 82.6 Å². The summed E-state index contributed by atoms with van der Waals surface area (Å²) in [5, 5.41) is 0. The Labute approximate surface area is 227 Å². The fraction of sp³-hybridized carbons (Fsp3) is 1.00. The molecular formula is C29H57N7O. The third-order valence-electron chi connectivity index (χ3n) is 10.2. The Hall–Kier alpha value is -0.320. The standard InChI is InChI=1S/C29H57N7O/c1-5-10-33-15-17-35(25-6-11-30(2)12-7-25)28(21-33)23-37-24-29-22-34(27-19-32(4)20-27)16-18-36(29)26-8-13-31(3)14-9-26/h25-29H,5-24H2,1-4H3. The van der Waals surface area contributed by atoms with Gasteiger partial charge in [-0.05, 0) is 86.0 Å². The average Bonchev–Trinajstić information content (AvgIpc) is 2.88. The molecule has 5 saturated heterocycles. The molecule has 0 spiro atoms. The van der Waals surface area contributed by atoms with Crippen molar-refractivity contribution in [1.82, 2.24) is 34.3 Å². The summed E-state index contributed by atoms with van der Waals surface area (Å²) in [7, 11) is 6.82. The van der Waals surface area contributed by atoms with Gasteiger partial charge in [-0.2, -0.15) is 0 Å². The van der Waals surface area contributed by atoms with Gasteiger partial charge in [0.05, 0.1) is 13.2 Å². The van der Waals surface area contributed by atoms with Crippen LogP contribution in [0.3, 0.4) is 0 Å². The Bertz CT molecular complexity index is 675. The SMILES string of the molecule is CCCN1CCN(C2CCN(C)CC2)C(COCC2CN(C3CN(C)C3)CCN2C2CCN(C)CC2)C1. The zero-order valence-electron chi connectivity index (χ0n) is 24.6. The highest BCUT2D eigenvalue weighted by molar-refractivity contribution is 4.95. The van der Waals surface area contributed by atoms with E-state index in [1.165, 1.54) is 117 Å². The fourth-order valence-electron chi connectivity index (χ4n) is 7.83. The smallest absolute Gasteiger partial charge is 0.0635 e. The summed E-state index contributed by atoms with van der Waals surface area (Å²) in [4.78, 5) is 18.7. The normalized spacial score (nSPS) is 32.8. The second-order valence-corrected chi connectivity index (χ2v) is 13.1. The molecule has 5 heterocycles. The summed E-state index contributed by atoms with van der Waals surface area (Å²) in [5.41, 5.74) is 0. The molecular weight excluding hydrogens is 462 g/mol. The van der Waals surface area contributed by atoms with E-state index in [9.17, 15) is 0 Å². The maximum Gasteiger partial charge on any atom is 0.0635 e. The highest BCUT2D eigenvalue weighted by Gasteiger charge is 2.39. The van der Waals surface area contributed by atoms with E-state index in [-0.39, 0.29) is 0 Å². The summed E-state index contributed by atoms with van der Waals surface area (Å²) in [6.07, 6.45) is 6.52. The lowest BCUT2D eigenvalue weighted by Gasteiger charge is -2.52. The van der Waals surface area contributed by atoms with E-state index in [2.05, 4.69) is 62.4 Å². The highest BCUT2D eigenvalue weighted by Crippen LogP contribution is 2.26. The summed E-state index contributed by atoms with van der Waals surface area (Å²) < 4.78 is 6.76. The molecule has 0 amide bonds. The van der Waals surface area contributed by atoms with Crippen molar-refractivity contribution in [3.8, 4) is 0 Å². The van der Waals surface area contributed by atoms with Crippen LogP contribution in [0.2, 0.25) is 0 Å². The van der Waals surface area contributed by atoms with Crippen LogP contribution in [0.15, 0.2) is 0 Å². The number of rotatable bonds is 9. The number of hydrogen-bond acceptors (Lipinski definition) is 8. The number of likely N-dealkylation sites (N-methyl/N-ethyl adjacent to an activating group) is 1. The van der Waals surface area contributed by atoms with E-state index in [1.54, 1.807) is 0 Å². The van der Waals surface area contributed by atoms with Gasteiger partial charge in [-0.25, -0.2) is 0 Å². The minimum Gasteiger partial charge on any atom is -0.378 e. The van der Waals surface area contributed by atoms with Crippen LogP contribution >= 0.6 is 0 Å². The number of likely N-dealkylation sites (tertiary alicyclic amines) is 3. The first-order valence-electron chi connectivity index (χ1n) is 15.6. The zero-order chi connectivity index (χ0) is 25.8. The van der Waals surface area contributed by atoms with Crippen LogP contribution in [-0.4, -0.2) is 184 Å². The number of ether oxygens (including phenoxy) is 1. The van der Waals surface area contributed by atoms with Gasteiger partial charge >= 0.3 is 0 Å². The van der Waals surface area contributed by atoms with E-state index in [0.717, 1.165) is 31.3 Å². The van der Waals surface area contributed by atoms with Crippen molar-refractivity contribution in [2.75, 3.05) is 119 Å². The monoisotopic (exact) mass is 519 g/mol. The third kappa shape index (κ3) is 7.26. The zero-order valence-corrected chi connectivity index (χ0v) is 24.6. The predicted octanol–water partition coefficient (Wildman–Crippen LogP) is 0.888. The average molecular weight is 520 g/mol. The quantitative estimate of drug-likeness (QED) is 0.444. The lowest BCUT2D eigenvalue weighted by atomic mass is 9.98. The largest absolute Gasteiger partial charge is 0.378 e. The molecule has 0 aromatic carbocycles. The van der Waals surface area contributed by atoms with Gasteiger partial charge in [0.25, 0.3) is 0 Å². The molecule has 0 aromatic rings. The van der Waals surface area contributed by atoms with Crippen molar-refractivity contribution < 1.29 is 4.74 Å². The van der Waals surface area contributed by atoms with Crippen LogP contribution in [0.25, 0.3) is 0 Å². The predicted molar refractivity (Wildman–Crippen MR) is 152 cm³/mol. The molecule has 214 valence electrons. The van der Waals surface area contributed by atoms with Crippen molar-refractivity contribution >= 4 is 0 Å². The van der Waals surface area contributed by atoms with Crippen LogP contribution in [0, 0.1) is 0 Å². The van der Waals surface area contributed by atoms with Crippen LogP contribution in [0.1, 0.15) is 39.0 Å². The summed E-state index contributed by atoms with van der Waals surface area (Å²) in [6, 6.07) is 3.32. The molecule has 0 N–H and O–H groups in total. The van der Waals surface area contributed by atoms with E-state index >= 15 is 0 Å². The lowest BCUT2D eigenvalue weighted by Crippen LogP contribution is -2.66. The van der Waals surface area contributed by atoms with Crippen LogP contribution < -0.4 is 0 Å². The number of piperazine rings is 2. The molecule has 5 aliphatic rings. The molecule has 2 atom stereocenters. The third-order valence-corrected chi connectivity index (χ3v) is 10.2. The van der Waals surface area contributed by atoms with Crippen LogP contribution in [0.5, 0.6) is 0 Å². The maximum atomic E-state index is 6.76.